The number of nitrogens with one attached hydrogen (secondary N) is 1. The molecule has 2 nitrogen and oxygen atoms in total. The van der Waals surface area contributed by atoms with E-state index < -0.39 is 0 Å². The molecule has 0 aliphatic carbocycles. The molecular weight excluding hydrogens is 169 g/mol. The smallest absolute Gasteiger partial charge is 0.161 e. The van der Waals surface area contributed by atoms with Gasteiger partial charge in [-0.2, -0.15) is 0 Å². The van der Waals surface area contributed by atoms with Crippen molar-refractivity contribution in [2.45, 2.75) is 13.3 Å². The number of benzene rings is 1. The minimum Gasteiger partial charge on any atom is -0.384 e. The van der Waals surface area contributed by atoms with Crippen molar-refractivity contribution in [2.24, 2.45) is 0 Å². The van der Waals surface area contributed by atoms with Crippen LogP contribution in [0.3, 0.4) is 0 Å². The summed E-state index contributed by atoms with van der Waals surface area (Å²) in [6.45, 7) is 2.24. The summed E-state index contributed by atoms with van der Waals surface area (Å²) in [7, 11) is 0. The topological polar surface area (TPSA) is 29.1 Å². The van der Waals surface area contributed by atoms with Gasteiger partial charge in [-0.1, -0.05) is 0 Å². The summed E-state index contributed by atoms with van der Waals surface area (Å²) < 4.78 is 13.0. The van der Waals surface area contributed by atoms with Crippen molar-refractivity contribution in [3.63, 3.8) is 0 Å². The lowest BCUT2D eigenvalue weighted by Gasteiger charge is -2.05. The number of halogens is 1. The zero-order chi connectivity index (χ0) is 9.42. The third-order valence-corrected chi connectivity index (χ3v) is 2.26. The summed E-state index contributed by atoms with van der Waals surface area (Å²) in [5.74, 6) is -0.419. The number of fused-ring (bicyclic) bond motifs is 1. The van der Waals surface area contributed by atoms with Gasteiger partial charge in [0.25, 0.3) is 0 Å². The van der Waals surface area contributed by atoms with Gasteiger partial charge < -0.3 is 5.32 Å². The van der Waals surface area contributed by atoms with Crippen LogP contribution in [-0.4, -0.2) is 12.3 Å². The molecule has 0 radical (unpaired) electrons. The molecule has 0 saturated carbocycles. The van der Waals surface area contributed by atoms with Crippen molar-refractivity contribution in [2.75, 3.05) is 11.9 Å². The average molecular weight is 179 g/mol. The van der Waals surface area contributed by atoms with E-state index in [0.29, 0.717) is 5.56 Å². The lowest BCUT2D eigenvalue weighted by Crippen LogP contribution is -2.00. The Morgan fingerprint density at radius 2 is 2.31 bits per heavy atom. The van der Waals surface area contributed by atoms with Crippen LogP contribution in [0.2, 0.25) is 0 Å². The highest BCUT2D eigenvalue weighted by Gasteiger charge is 2.17. The second kappa shape index (κ2) is 2.83. The monoisotopic (exact) mass is 179 g/mol. The Kier molecular flexibility index (Phi) is 1.79. The largest absolute Gasteiger partial charge is 0.384 e. The molecule has 0 atom stereocenters. The minimum absolute atomic E-state index is 0.0925. The second-order valence-electron chi connectivity index (χ2n) is 3.22. The molecule has 1 aromatic rings. The van der Waals surface area contributed by atoms with Crippen LogP contribution in [0.5, 0.6) is 0 Å². The van der Waals surface area contributed by atoms with Crippen LogP contribution in [0, 0.1) is 5.82 Å². The van der Waals surface area contributed by atoms with Crippen molar-refractivity contribution in [1.82, 2.24) is 0 Å². The predicted octanol–water partition coefficient (Wildman–Crippen LogP) is 2.00. The number of hydrogen-bond acceptors (Lipinski definition) is 2. The first-order chi connectivity index (χ1) is 6.18. The fraction of sp³-hybridized carbons (Fsp3) is 0.300. The van der Waals surface area contributed by atoms with E-state index >= 15 is 0 Å². The van der Waals surface area contributed by atoms with E-state index in [4.69, 9.17) is 0 Å². The van der Waals surface area contributed by atoms with Gasteiger partial charge in [0, 0.05) is 17.8 Å². The molecule has 3 heteroatoms. The van der Waals surface area contributed by atoms with E-state index in [1.54, 1.807) is 0 Å². The number of Topliss-reactive ketones (excluding diaryl/α,β-unsaturated/α-hetero) is 1. The van der Waals surface area contributed by atoms with Crippen LogP contribution in [0.25, 0.3) is 0 Å². The zero-order valence-corrected chi connectivity index (χ0v) is 7.36. The predicted molar refractivity (Wildman–Crippen MR) is 48.6 cm³/mol. The maximum Gasteiger partial charge on any atom is 0.161 e. The molecule has 0 aromatic heterocycles. The van der Waals surface area contributed by atoms with Crippen LogP contribution in [0.15, 0.2) is 12.1 Å². The van der Waals surface area contributed by atoms with Crippen molar-refractivity contribution < 1.29 is 9.18 Å². The molecule has 0 amide bonds. The normalized spacial score (nSPS) is 13.7. The molecule has 13 heavy (non-hydrogen) atoms. The maximum atomic E-state index is 13.0. The van der Waals surface area contributed by atoms with Gasteiger partial charge in [-0.3, -0.25) is 4.79 Å². The number of carbonyl (C=O) groups is 1. The fourth-order valence-corrected chi connectivity index (χ4v) is 1.67. The fourth-order valence-electron chi connectivity index (χ4n) is 1.67. The highest BCUT2D eigenvalue weighted by atomic mass is 19.1. The van der Waals surface area contributed by atoms with Crippen LogP contribution in [-0.2, 0) is 6.42 Å². The first-order valence-electron chi connectivity index (χ1n) is 4.25. The Balaban J connectivity index is 2.62. The highest BCUT2D eigenvalue weighted by Crippen LogP contribution is 2.27. The lowest BCUT2D eigenvalue weighted by atomic mass is 10.0. The molecule has 1 aromatic carbocycles. The third kappa shape index (κ3) is 1.30. The molecule has 1 aliphatic heterocycles. The number of anilines is 1. The summed E-state index contributed by atoms with van der Waals surface area (Å²) in [5.41, 5.74) is 2.19. The van der Waals surface area contributed by atoms with Crippen molar-refractivity contribution in [3.8, 4) is 0 Å². The minimum atomic E-state index is -0.326. The molecule has 1 heterocycles. The van der Waals surface area contributed by atoms with E-state index in [1.807, 2.05) is 0 Å². The SMILES string of the molecule is CC(=O)c1cc(F)cc2c1NCC2. The molecule has 0 bridgehead atoms. The molecule has 0 spiro atoms. The molecule has 1 N–H and O–H groups in total. The summed E-state index contributed by atoms with van der Waals surface area (Å²) >= 11 is 0. The zero-order valence-electron chi connectivity index (χ0n) is 7.36. The standard InChI is InChI=1S/C10H10FNO/c1-6(13)9-5-8(11)4-7-2-3-12-10(7)9/h4-5,12H,2-3H2,1H3. The van der Waals surface area contributed by atoms with Crippen molar-refractivity contribution >= 4 is 11.5 Å². The Labute approximate surface area is 75.8 Å². The van der Waals surface area contributed by atoms with E-state index in [1.165, 1.54) is 19.1 Å². The Morgan fingerprint density at radius 1 is 1.54 bits per heavy atom. The Bertz CT molecular complexity index is 373. The van der Waals surface area contributed by atoms with Gasteiger partial charge in [-0.15, -0.1) is 0 Å². The summed E-state index contributed by atoms with van der Waals surface area (Å²) in [6, 6.07) is 2.78. The quantitative estimate of drug-likeness (QED) is 0.668. The highest BCUT2D eigenvalue weighted by molar-refractivity contribution is 6.00. The van der Waals surface area contributed by atoms with Gasteiger partial charge in [0.05, 0.1) is 0 Å². The lowest BCUT2D eigenvalue weighted by molar-refractivity contribution is 0.101. The van der Waals surface area contributed by atoms with E-state index in [2.05, 4.69) is 5.32 Å². The molecule has 68 valence electrons. The molecule has 0 fully saturated rings. The maximum absolute atomic E-state index is 13.0. The van der Waals surface area contributed by atoms with Gasteiger partial charge in [0.15, 0.2) is 5.78 Å². The van der Waals surface area contributed by atoms with Gasteiger partial charge >= 0.3 is 0 Å². The summed E-state index contributed by atoms with van der Waals surface area (Å²) in [4.78, 5) is 11.2. The van der Waals surface area contributed by atoms with E-state index in [9.17, 15) is 9.18 Å². The molecular formula is C10H10FNO. The number of carbonyl (C=O) groups excluding carboxylic acids is 1. The van der Waals surface area contributed by atoms with Crippen LogP contribution in [0.4, 0.5) is 10.1 Å². The van der Waals surface area contributed by atoms with E-state index in [0.717, 1.165) is 24.2 Å². The van der Waals surface area contributed by atoms with Gasteiger partial charge in [-0.05, 0) is 31.0 Å². The van der Waals surface area contributed by atoms with Gasteiger partial charge in [0.2, 0.25) is 0 Å². The molecule has 0 saturated heterocycles. The van der Waals surface area contributed by atoms with Crippen molar-refractivity contribution in [1.29, 1.82) is 0 Å². The molecule has 0 unspecified atom stereocenters. The third-order valence-electron chi connectivity index (χ3n) is 2.26. The second-order valence-corrected chi connectivity index (χ2v) is 3.22. The molecule has 2 rings (SSSR count). The summed E-state index contributed by atoms with van der Waals surface area (Å²) in [6.07, 6.45) is 0.799. The number of ketones is 1. The summed E-state index contributed by atoms with van der Waals surface area (Å²) in [5, 5.41) is 3.09. The van der Waals surface area contributed by atoms with Crippen LogP contribution < -0.4 is 5.32 Å². The van der Waals surface area contributed by atoms with Crippen molar-refractivity contribution in [3.05, 3.63) is 29.1 Å². The average Bonchev–Trinajstić information content (AvgIpc) is 2.49. The number of hydrogen-bond donors (Lipinski definition) is 1. The van der Waals surface area contributed by atoms with Crippen LogP contribution in [0.1, 0.15) is 22.8 Å². The van der Waals surface area contributed by atoms with Crippen LogP contribution >= 0.6 is 0 Å². The van der Waals surface area contributed by atoms with Gasteiger partial charge in [-0.25, -0.2) is 4.39 Å². The molecule has 1 aliphatic rings. The first-order valence-corrected chi connectivity index (χ1v) is 4.25. The van der Waals surface area contributed by atoms with E-state index in [-0.39, 0.29) is 11.6 Å². The van der Waals surface area contributed by atoms with Gasteiger partial charge in [0.1, 0.15) is 5.82 Å². The Morgan fingerprint density at radius 3 is 3.00 bits per heavy atom. The Hall–Kier alpha value is -1.38. The first kappa shape index (κ1) is 8.23. The number of rotatable bonds is 1.